The summed E-state index contributed by atoms with van der Waals surface area (Å²) in [6.07, 6.45) is 5.10. The minimum absolute atomic E-state index is 0. The second kappa shape index (κ2) is 10.1. The quantitative estimate of drug-likeness (QED) is 0.330. The molecule has 0 atom stereocenters. The van der Waals surface area contributed by atoms with Crippen molar-refractivity contribution in [2.24, 2.45) is 4.99 Å². The number of nitrogens with zero attached hydrogens (tertiary/aromatic N) is 1. The van der Waals surface area contributed by atoms with E-state index < -0.39 is 0 Å². The Morgan fingerprint density at radius 2 is 1.95 bits per heavy atom. The normalized spacial score (nSPS) is 15.4. The molecule has 0 saturated heterocycles. The van der Waals surface area contributed by atoms with E-state index in [0.717, 1.165) is 23.3 Å². The number of ether oxygens (including phenoxy) is 1. The van der Waals surface area contributed by atoms with E-state index >= 15 is 0 Å². The smallest absolute Gasteiger partial charge is 0.191 e. The molecule has 6 heteroatoms. The lowest BCUT2D eigenvalue weighted by molar-refractivity contribution is 0.321. The van der Waals surface area contributed by atoms with Crippen LogP contribution in [0.15, 0.2) is 29.3 Å². The number of rotatable bonds is 5. The van der Waals surface area contributed by atoms with Gasteiger partial charge in [-0.15, -0.1) is 24.0 Å². The van der Waals surface area contributed by atoms with Gasteiger partial charge in [0.05, 0.1) is 6.54 Å². The minimum atomic E-state index is 0. The van der Waals surface area contributed by atoms with Gasteiger partial charge in [-0.3, -0.25) is 4.99 Å². The molecule has 2 rings (SSSR count). The third kappa shape index (κ3) is 6.74. The lowest BCUT2D eigenvalue weighted by Crippen LogP contribution is -2.43. The van der Waals surface area contributed by atoms with Crippen molar-refractivity contribution in [2.75, 3.05) is 20.2 Å². The molecule has 1 saturated carbocycles. The predicted molar refractivity (Wildman–Crippen MR) is 99.1 cm³/mol. The van der Waals surface area contributed by atoms with E-state index in [9.17, 15) is 0 Å². The monoisotopic (exact) mass is 423 g/mol. The number of hydrogen-bond acceptors (Lipinski definition) is 2. The van der Waals surface area contributed by atoms with Gasteiger partial charge in [0.25, 0.3) is 0 Å². The lowest BCUT2D eigenvalue weighted by Gasteiger charge is -2.16. The highest BCUT2D eigenvalue weighted by Crippen LogP contribution is 2.17. The van der Waals surface area contributed by atoms with Crippen LogP contribution in [0.5, 0.6) is 5.75 Å². The molecule has 0 bridgehead atoms. The lowest BCUT2D eigenvalue weighted by atomic mass is 10.2. The molecule has 4 nitrogen and oxygen atoms in total. The van der Waals surface area contributed by atoms with Gasteiger partial charge in [-0.05, 0) is 37.1 Å². The summed E-state index contributed by atoms with van der Waals surface area (Å²) in [4.78, 5) is 4.23. The zero-order valence-corrected chi connectivity index (χ0v) is 15.4. The summed E-state index contributed by atoms with van der Waals surface area (Å²) >= 11 is 5.82. The highest BCUT2D eigenvalue weighted by atomic mass is 127. The van der Waals surface area contributed by atoms with Gasteiger partial charge in [0.1, 0.15) is 12.4 Å². The van der Waals surface area contributed by atoms with Crippen LogP contribution >= 0.6 is 35.6 Å². The molecule has 0 radical (unpaired) electrons. The Morgan fingerprint density at radius 1 is 1.29 bits per heavy atom. The Kier molecular flexibility index (Phi) is 8.84. The summed E-state index contributed by atoms with van der Waals surface area (Å²) in [7, 11) is 1.80. The van der Waals surface area contributed by atoms with Crippen molar-refractivity contribution in [1.29, 1.82) is 0 Å². The van der Waals surface area contributed by atoms with Crippen molar-refractivity contribution in [3.8, 4) is 5.75 Å². The summed E-state index contributed by atoms with van der Waals surface area (Å²) in [5.41, 5.74) is 0. The number of hydrogen-bond donors (Lipinski definition) is 2. The molecule has 1 aromatic rings. The molecule has 1 aliphatic carbocycles. The Morgan fingerprint density at radius 3 is 2.57 bits per heavy atom. The van der Waals surface area contributed by atoms with Crippen molar-refractivity contribution in [3.63, 3.8) is 0 Å². The minimum Gasteiger partial charge on any atom is -0.492 e. The van der Waals surface area contributed by atoms with Gasteiger partial charge in [-0.25, -0.2) is 0 Å². The zero-order valence-electron chi connectivity index (χ0n) is 12.3. The molecule has 0 aliphatic heterocycles. The Labute approximate surface area is 148 Å². The van der Waals surface area contributed by atoms with E-state index in [1.807, 2.05) is 24.3 Å². The topological polar surface area (TPSA) is 45.7 Å². The van der Waals surface area contributed by atoms with Crippen LogP contribution in [0.1, 0.15) is 25.7 Å². The first-order valence-electron chi connectivity index (χ1n) is 7.13. The van der Waals surface area contributed by atoms with Gasteiger partial charge in [0, 0.05) is 18.1 Å². The van der Waals surface area contributed by atoms with Gasteiger partial charge < -0.3 is 15.4 Å². The average molecular weight is 424 g/mol. The maximum Gasteiger partial charge on any atom is 0.191 e. The summed E-state index contributed by atoms with van der Waals surface area (Å²) < 4.78 is 5.62. The third-order valence-electron chi connectivity index (χ3n) is 3.40. The predicted octanol–water partition coefficient (Wildman–Crippen LogP) is 3.44. The van der Waals surface area contributed by atoms with Crippen LogP contribution in [0, 0.1) is 0 Å². The number of benzene rings is 1. The highest BCUT2D eigenvalue weighted by Gasteiger charge is 2.15. The summed E-state index contributed by atoms with van der Waals surface area (Å²) in [6, 6.07) is 7.95. The molecular formula is C15H23ClIN3O. The molecule has 21 heavy (non-hydrogen) atoms. The van der Waals surface area contributed by atoms with Gasteiger partial charge in [0.15, 0.2) is 5.96 Å². The Hall–Kier alpha value is -0.690. The molecule has 2 N–H and O–H groups in total. The van der Waals surface area contributed by atoms with Crippen LogP contribution in [0.25, 0.3) is 0 Å². The Balaban J connectivity index is 0.00000220. The van der Waals surface area contributed by atoms with E-state index in [0.29, 0.717) is 12.6 Å². The maximum atomic E-state index is 5.82. The van der Waals surface area contributed by atoms with Crippen molar-refractivity contribution < 1.29 is 4.74 Å². The fourth-order valence-corrected chi connectivity index (χ4v) is 2.45. The first-order valence-corrected chi connectivity index (χ1v) is 7.51. The molecule has 1 aliphatic rings. The van der Waals surface area contributed by atoms with Crippen LogP contribution in [0.2, 0.25) is 5.02 Å². The van der Waals surface area contributed by atoms with Crippen molar-refractivity contribution >= 4 is 41.5 Å². The van der Waals surface area contributed by atoms with Crippen molar-refractivity contribution in [2.45, 2.75) is 31.7 Å². The third-order valence-corrected chi connectivity index (χ3v) is 3.65. The first-order chi connectivity index (χ1) is 9.78. The summed E-state index contributed by atoms with van der Waals surface area (Å²) in [5.74, 6) is 1.69. The van der Waals surface area contributed by atoms with Crippen molar-refractivity contribution in [1.82, 2.24) is 10.6 Å². The number of nitrogens with one attached hydrogen (secondary N) is 2. The molecule has 0 heterocycles. The van der Waals surface area contributed by atoms with Crippen LogP contribution in [-0.4, -0.2) is 32.2 Å². The van der Waals surface area contributed by atoms with E-state index in [1.165, 1.54) is 25.7 Å². The molecule has 0 spiro atoms. The van der Waals surface area contributed by atoms with Gasteiger partial charge in [0.2, 0.25) is 0 Å². The molecular weight excluding hydrogens is 401 g/mol. The SMILES string of the molecule is CN=C(NCCOc1ccc(Cl)cc1)NC1CCCC1.I. The van der Waals surface area contributed by atoms with Crippen LogP contribution in [0.4, 0.5) is 0 Å². The van der Waals surface area contributed by atoms with E-state index in [-0.39, 0.29) is 24.0 Å². The first kappa shape index (κ1) is 18.4. The van der Waals surface area contributed by atoms with Crippen LogP contribution in [-0.2, 0) is 0 Å². The number of guanidine groups is 1. The molecule has 0 aromatic heterocycles. The highest BCUT2D eigenvalue weighted by molar-refractivity contribution is 14.0. The molecule has 0 amide bonds. The van der Waals surface area contributed by atoms with Crippen molar-refractivity contribution in [3.05, 3.63) is 29.3 Å². The summed E-state index contributed by atoms with van der Waals surface area (Å²) in [5, 5.41) is 7.42. The van der Waals surface area contributed by atoms with Gasteiger partial charge in [-0.1, -0.05) is 24.4 Å². The number of halogens is 2. The molecule has 1 fully saturated rings. The fourth-order valence-electron chi connectivity index (χ4n) is 2.33. The Bertz CT molecular complexity index is 433. The molecule has 118 valence electrons. The largest absolute Gasteiger partial charge is 0.492 e. The molecule has 1 aromatic carbocycles. The molecule has 0 unspecified atom stereocenters. The van der Waals surface area contributed by atoms with E-state index in [4.69, 9.17) is 16.3 Å². The van der Waals surface area contributed by atoms with E-state index in [2.05, 4.69) is 15.6 Å². The summed E-state index contributed by atoms with van der Waals surface area (Å²) in [6.45, 7) is 1.31. The van der Waals surface area contributed by atoms with Gasteiger partial charge >= 0.3 is 0 Å². The van der Waals surface area contributed by atoms with Crippen LogP contribution in [0.3, 0.4) is 0 Å². The second-order valence-electron chi connectivity index (χ2n) is 4.93. The standard InChI is InChI=1S/C15H22ClN3O.HI/c1-17-15(19-13-4-2-3-5-13)18-10-11-20-14-8-6-12(16)7-9-14;/h6-9,13H,2-5,10-11H2,1H3,(H2,17,18,19);1H. The van der Waals surface area contributed by atoms with E-state index in [1.54, 1.807) is 7.05 Å². The fraction of sp³-hybridized carbons (Fsp3) is 0.533. The average Bonchev–Trinajstić information content (AvgIpc) is 2.97. The number of aliphatic imine (C=N–C) groups is 1. The second-order valence-corrected chi connectivity index (χ2v) is 5.36. The van der Waals surface area contributed by atoms with Crippen LogP contribution < -0.4 is 15.4 Å². The maximum absolute atomic E-state index is 5.82. The zero-order chi connectivity index (χ0) is 14.2. The van der Waals surface area contributed by atoms with Gasteiger partial charge in [-0.2, -0.15) is 0 Å².